The summed E-state index contributed by atoms with van der Waals surface area (Å²) in [5.41, 5.74) is 3.02. The maximum atomic E-state index is 13.5. The van der Waals surface area contributed by atoms with Crippen molar-refractivity contribution in [2.75, 3.05) is 0 Å². The lowest BCUT2D eigenvalue weighted by atomic mass is 10.0. The summed E-state index contributed by atoms with van der Waals surface area (Å²) in [6, 6.07) is 9.31. The molecule has 2 aromatic carbocycles. The molecule has 6 aromatic rings. The Labute approximate surface area is 238 Å². The molecule has 4 aromatic heterocycles. The molecular formula is C30H25FN8O3. The van der Waals surface area contributed by atoms with Crippen molar-refractivity contribution in [1.29, 1.82) is 0 Å². The fourth-order valence-corrected chi connectivity index (χ4v) is 4.53. The number of nitrogens with zero attached hydrogens (tertiary/aromatic N) is 7. The predicted molar refractivity (Wildman–Crippen MR) is 153 cm³/mol. The van der Waals surface area contributed by atoms with Gasteiger partial charge in [-0.3, -0.25) is 24.1 Å². The van der Waals surface area contributed by atoms with Crippen LogP contribution in [-0.4, -0.2) is 45.5 Å². The molecular weight excluding hydrogens is 539 g/mol. The highest BCUT2D eigenvalue weighted by molar-refractivity contribution is 5.96. The number of halogens is 1. The second kappa shape index (κ2) is 10.8. The SMILES string of the molecule is CC(C)n1cc(-c2ccc(F)cc2)c(=O)c(C(=O)Cc2cnc(Oc3cc4cnn(C)c4cc3-c3cn[nH]c3)nc2)n1. The lowest BCUT2D eigenvalue weighted by Gasteiger charge is -2.13. The third-order valence-corrected chi connectivity index (χ3v) is 6.79. The molecule has 0 aliphatic carbocycles. The molecule has 0 unspecified atom stereocenters. The summed E-state index contributed by atoms with van der Waals surface area (Å²) in [6.07, 6.45) is 9.57. The van der Waals surface area contributed by atoms with Crippen LogP contribution in [-0.2, 0) is 13.5 Å². The van der Waals surface area contributed by atoms with E-state index in [9.17, 15) is 14.0 Å². The highest BCUT2D eigenvalue weighted by Crippen LogP contribution is 2.35. The van der Waals surface area contributed by atoms with E-state index >= 15 is 0 Å². The third kappa shape index (κ3) is 5.17. The van der Waals surface area contributed by atoms with Crippen LogP contribution in [0.2, 0.25) is 0 Å². The van der Waals surface area contributed by atoms with E-state index < -0.39 is 17.0 Å². The van der Waals surface area contributed by atoms with Gasteiger partial charge in [-0.2, -0.15) is 15.3 Å². The molecule has 11 nitrogen and oxygen atoms in total. The number of ketones is 1. The molecule has 42 heavy (non-hydrogen) atoms. The highest BCUT2D eigenvalue weighted by atomic mass is 19.1. The number of H-pyrrole nitrogens is 1. The van der Waals surface area contributed by atoms with Crippen molar-refractivity contribution in [3.63, 3.8) is 0 Å². The number of hydrogen-bond acceptors (Lipinski definition) is 8. The van der Waals surface area contributed by atoms with Crippen LogP contribution in [0.5, 0.6) is 11.8 Å². The minimum atomic E-state index is -0.526. The van der Waals surface area contributed by atoms with Crippen molar-refractivity contribution in [2.45, 2.75) is 26.3 Å². The van der Waals surface area contributed by atoms with Gasteiger partial charge in [-0.05, 0) is 49.2 Å². The van der Waals surface area contributed by atoms with Crippen LogP contribution >= 0.6 is 0 Å². The van der Waals surface area contributed by atoms with Gasteiger partial charge in [0.05, 0.1) is 17.9 Å². The fraction of sp³-hybridized carbons (Fsp3) is 0.167. The molecule has 0 fully saturated rings. The number of nitrogens with one attached hydrogen (secondary N) is 1. The number of hydrogen-bond donors (Lipinski definition) is 1. The molecule has 0 aliphatic heterocycles. The van der Waals surface area contributed by atoms with Gasteiger partial charge in [0.25, 0.3) is 0 Å². The summed E-state index contributed by atoms with van der Waals surface area (Å²) in [6.45, 7) is 3.77. The first-order valence-electron chi connectivity index (χ1n) is 13.1. The van der Waals surface area contributed by atoms with E-state index in [1.54, 1.807) is 34.2 Å². The Kier molecular flexibility index (Phi) is 6.87. The van der Waals surface area contributed by atoms with Crippen LogP contribution in [0.3, 0.4) is 0 Å². The van der Waals surface area contributed by atoms with E-state index in [-0.39, 0.29) is 29.7 Å². The van der Waals surface area contributed by atoms with Crippen LogP contribution in [0, 0.1) is 5.82 Å². The van der Waals surface area contributed by atoms with E-state index in [2.05, 4.69) is 30.4 Å². The lowest BCUT2D eigenvalue weighted by Crippen LogP contribution is -2.25. The van der Waals surface area contributed by atoms with Gasteiger partial charge < -0.3 is 4.74 Å². The van der Waals surface area contributed by atoms with E-state index in [1.165, 1.54) is 36.7 Å². The second-order valence-electron chi connectivity index (χ2n) is 10.0. The van der Waals surface area contributed by atoms with Gasteiger partial charge >= 0.3 is 6.01 Å². The molecule has 0 radical (unpaired) electrons. The number of carbonyl (C=O) groups is 1. The number of rotatable bonds is 8. The Bertz CT molecular complexity index is 1960. The van der Waals surface area contributed by atoms with E-state index in [1.807, 2.05) is 33.0 Å². The van der Waals surface area contributed by atoms with Crippen LogP contribution in [0.1, 0.15) is 35.9 Å². The van der Waals surface area contributed by atoms with E-state index in [0.717, 1.165) is 22.0 Å². The largest absolute Gasteiger partial charge is 0.424 e. The first-order chi connectivity index (χ1) is 20.3. The molecule has 0 spiro atoms. The number of benzene rings is 2. The summed E-state index contributed by atoms with van der Waals surface area (Å²) in [4.78, 5) is 35.2. The maximum Gasteiger partial charge on any atom is 0.321 e. The number of aromatic amines is 1. The van der Waals surface area contributed by atoms with Gasteiger partial charge in [0, 0.05) is 66.4 Å². The summed E-state index contributed by atoms with van der Waals surface area (Å²) >= 11 is 0. The standard InChI is InChI=1S/C30H25FN8O3/c1-17(2)39-16-24(19-4-6-22(31)7-5-19)29(41)28(37-39)26(40)8-18-11-32-30(33-12-18)42-27-9-20-15-36-38(3)25(20)10-23(27)21-13-34-35-14-21/h4-7,9-17H,8H2,1-3H3,(H,34,35). The van der Waals surface area contributed by atoms with Gasteiger partial charge in [-0.25, -0.2) is 14.4 Å². The monoisotopic (exact) mass is 564 g/mol. The zero-order chi connectivity index (χ0) is 29.4. The van der Waals surface area contributed by atoms with Gasteiger partial charge in [0.2, 0.25) is 5.43 Å². The lowest BCUT2D eigenvalue weighted by molar-refractivity contribution is 0.0984. The van der Waals surface area contributed by atoms with Crippen molar-refractivity contribution >= 4 is 16.7 Å². The number of ether oxygens (including phenoxy) is 1. The van der Waals surface area contributed by atoms with Gasteiger partial charge in [-0.1, -0.05) is 12.1 Å². The molecule has 0 atom stereocenters. The first kappa shape index (κ1) is 26.7. The van der Waals surface area contributed by atoms with Crippen LogP contribution in [0.15, 0.2) is 78.4 Å². The van der Waals surface area contributed by atoms with Gasteiger partial charge in [0.1, 0.15) is 11.6 Å². The topological polar surface area (TPSA) is 133 Å². The molecule has 1 N–H and O–H groups in total. The van der Waals surface area contributed by atoms with Crippen LogP contribution in [0.25, 0.3) is 33.2 Å². The molecule has 0 saturated heterocycles. The fourth-order valence-electron chi connectivity index (χ4n) is 4.53. The summed E-state index contributed by atoms with van der Waals surface area (Å²) in [7, 11) is 1.86. The van der Waals surface area contributed by atoms with Crippen molar-refractivity contribution < 1.29 is 13.9 Å². The minimum Gasteiger partial charge on any atom is -0.424 e. The van der Waals surface area contributed by atoms with Crippen LogP contribution < -0.4 is 10.2 Å². The first-order valence-corrected chi connectivity index (χ1v) is 13.1. The normalized spacial score (nSPS) is 11.4. The Morgan fingerprint density at radius 3 is 2.48 bits per heavy atom. The van der Waals surface area contributed by atoms with Crippen LogP contribution in [0.4, 0.5) is 4.39 Å². The minimum absolute atomic E-state index is 0.0813. The number of carbonyl (C=O) groups excluding carboxylic acids is 1. The average molecular weight is 565 g/mol. The maximum absolute atomic E-state index is 13.5. The summed E-state index contributed by atoms with van der Waals surface area (Å²) < 4.78 is 22.9. The average Bonchev–Trinajstić information content (AvgIpc) is 3.64. The quantitative estimate of drug-likeness (QED) is 0.258. The molecule has 4 heterocycles. The zero-order valence-electron chi connectivity index (χ0n) is 22.9. The number of Topliss-reactive ketones (excluding diaryl/α,β-unsaturated/α-hetero) is 1. The number of fused-ring (bicyclic) bond motifs is 1. The second-order valence-corrected chi connectivity index (χ2v) is 10.0. The Balaban J connectivity index is 1.26. The third-order valence-electron chi connectivity index (χ3n) is 6.79. The smallest absolute Gasteiger partial charge is 0.321 e. The summed E-state index contributed by atoms with van der Waals surface area (Å²) in [5.74, 6) is -0.396. The van der Waals surface area contributed by atoms with Crippen molar-refractivity contribution in [3.05, 3.63) is 101 Å². The van der Waals surface area contributed by atoms with Crippen molar-refractivity contribution in [2.24, 2.45) is 7.05 Å². The highest BCUT2D eigenvalue weighted by Gasteiger charge is 2.20. The Morgan fingerprint density at radius 1 is 1.02 bits per heavy atom. The Hall–Kier alpha value is -5.52. The van der Waals surface area contributed by atoms with Crippen molar-refractivity contribution in [3.8, 4) is 34.0 Å². The van der Waals surface area contributed by atoms with Gasteiger partial charge in [0.15, 0.2) is 11.5 Å². The Morgan fingerprint density at radius 2 is 1.79 bits per heavy atom. The molecule has 6 rings (SSSR count). The molecule has 0 saturated carbocycles. The zero-order valence-corrected chi connectivity index (χ0v) is 22.9. The molecule has 210 valence electrons. The molecule has 0 amide bonds. The number of aromatic nitrogens is 8. The van der Waals surface area contributed by atoms with Crippen molar-refractivity contribution in [1.82, 2.24) is 39.7 Å². The van der Waals surface area contributed by atoms with E-state index in [4.69, 9.17) is 4.74 Å². The predicted octanol–water partition coefficient (Wildman–Crippen LogP) is 4.91. The van der Waals surface area contributed by atoms with E-state index in [0.29, 0.717) is 16.9 Å². The molecule has 12 heteroatoms. The summed E-state index contributed by atoms with van der Waals surface area (Å²) in [5, 5.41) is 16.3. The molecule has 0 aliphatic rings. The van der Waals surface area contributed by atoms with Gasteiger partial charge in [-0.15, -0.1) is 0 Å². The number of aryl methyl sites for hydroxylation is 1. The molecule has 0 bridgehead atoms.